The summed E-state index contributed by atoms with van der Waals surface area (Å²) >= 11 is 1.88. The molecule has 2 nitrogen and oxygen atoms in total. The van der Waals surface area contributed by atoms with E-state index in [1.54, 1.807) is 0 Å². The third-order valence-electron chi connectivity index (χ3n) is 14.3. The highest BCUT2D eigenvalue weighted by Crippen LogP contribution is 2.50. The van der Waals surface area contributed by atoms with Crippen molar-refractivity contribution < 1.29 is 8.83 Å². The monoisotopic (exact) mass is 868 g/mol. The molecule has 67 heavy (non-hydrogen) atoms. The predicted octanol–water partition coefficient (Wildman–Crippen LogP) is 19.1. The van der Waals surface area contributed by atoms with Crippen molar-refractivity contribution in [2.75, 3.05) is 0 Å². The highest BCUT2D eigenvalue weighted by molar-refractivity contribution is 7.25. The van der Waals surface area contributed by atoms with Crippen LogP contribution in [0.5, 0.6) is 0 Å². The van der Waals surface area contributed by atoms with E-state index in [4.69, 9.17) is 8.83 Å². The molecule has 0 saturated heterocycles. The van der Waals surface area contributed by atoms with Gasteiger partial charge in [0.25, 0.3) is 0 Å². The fraction of sp³-hybridized carbons (Fsp3) is 0. The van der Waals surface area contributed by atoms with Gasteiger partial charge in [-0.1, -0.05) is 176 Å². The lowest BCUT2D eigenvalue weighted by atomic mass is 9.84. The van der Waals surface area contributed by atoms with E-state index in [9.17, 15) is 0 Å². The van der Waals surface area contributed by atoms with E-state index in [0.29, 0.717) is 0 Å². The van der Waals surface area contributed by atoms with Crippen LogP contribution in [0.1, 0.15) is 0 Å². The van der Waals surface area contributed by atoms with Crippen molar-refractivity contribution in [1.82, 2.24) is 0 Å². The SMILES string of the molecule is c1ccc2c(c1)oc1cccc(-c3c4ccccc4c(-c4ccc5c(c4)sc4ccc(-c6c7ccccc7c(-c7cccc8oc9ccccc9c78)c7ccccc67)cc45)c4ccccc34)c12. The molecule has 0 amide bonds. The number of benzene rings is 12. The molecule has 310 valence electrons. The van der Waals surface area contributed by atoms with E-state index in [1.807, 2.05) is 23.5 Å². The largest absolute Gasteiger partial charge is 0.456 e. The number of para-hydroxylation sites is 2. The first-order valence-electron chi connectivity index (χ1n) is 22.9. The van der Waals surface area contributed by atoms with Gasteiger partial charge in [0.15, 0.2) is 0 Å². The van der Waals surface area contributed by atoms with Crippen LogP contribution < -0.4 is 0 Å². The van der Waals surface area contributed by atoms with Crippen LogP contribution in [0.2, 0.25) is 0 Å². The van der Waals surface area contributed by atoms with Crippen molar-refractivity contribution in [1.29, 1.82) is 0 Å². The number of rotatable bonds is 4. The van der Waals surface area contributed by atoms with Crippen LogP contribution in [0, 0.1) is 0 Å². The highest BCUT2D eigenvalue weighted by atomic mass is 32.1. The first kappa shape index (κ1) is 36.8. The smallest absolute Gasteiger partial charge is 0.136 e. The minimum absolute atomic E-state index is 0.907. The molecule has 0 aliphatic rings. The lowest BCUT2D eigenvalue weighted by Crippen LogP contribution is -1.91. The van der Waals surface area contributed by atoms with Gasteiger partial charge in [0.2, 0.25) is 0 Å². The van der Waals surface area contributed by atoms with Crippen LogP contribution in [-0.2, 0) is 0 Å². The van der Waals surface area contributed by atoms with Gasteiger partial charge in [0.1, 0.15) is 22.3 Å². The zero-order chi connectivity index (χ0) is 43.7. The second-order valence-corrected chi connectivity index (χ2v) is 18.8. The lowest BCUT2D eigenvalue weighted by Gasteiger charge is -2.18. The van der Waals surface area contributed by atoms with Crippen LogP contribution in [0.25, 0.3) is 152 Å². The molecule has 3 heteroatoms. The Hall–Kier alpha value is -8.50. The number of furan rings is 2. The van der Waals surface area contributed by atoms with Gasteiger partial charge < -0.3 is 8.83 Å². The quantitative estimate of drug-likeness (QED) is 0.165. The molecule has 0 unspecified atom stereocenters. The molecular weight excluding hydrogens is 833 g/mol. The van der Waals surface area contributed by atoms with Crippen molar-refractivity contribution in [2.24, 2.45) is 0 Å². The van der Waals surface area contributed by atoms with Gasteiger partial charge in [0, 0.05) is 41.7 Å². The Kier molecular flexibility index (Phi) is 7.69. The zero-order valence-electron chi connectivity index (χ0n) is 36.0. The Labute approximate surface area is 388 Å². The summed E-state index contributed by atoms with van der Waals surface area (Å²) in [6.45, 7) is 0. The fourth-order valence-electron chi connectivity index (χ4n) is 11.5. The molecule has 0 N–H and O–H groups in total. The summed E-state index contributed by atoms with van der Waals surface area (Å²) in [5.74, 6) is 0. The minimum atomic E-state index is 0.907. The highest BCUT2D eigenvalue weighted by Gasteiger charge is 2.23. The molecule has 0 atom stereocenters. The van der Waals surface area contributed by atoms with Crippen LogP contribution in [-0.4, -0.2) is 0 Å². The maximum atomic E-state index is 6.41. The normalized spacial score (nSPS) is 12.2. The zero-order valence-corrected chi connectivity index (χ0v) is 36.8. The first-order valence-corrected chi connectivity index (χ1v) is 23.7. The van der Waals surface area contributed by atoms with Crippen molar-refractivity contribution in [3.8, 4) is 44.5 Å². The average molecular weight is 869 g/mol. The van der Waals surface area contributed by atoms with Crippen molar-refractivity contribution >= 4 is 118 Å². The Morgan fingerprint density at radius 2 is 0.612 bits per heavy atom. The Morgan fingerprint density at radius 1 is 0.239 bits per heavy atom. The van der Waals surface area contributed by atoms with E-state index < -0.39 is 0 Å². The molecule has 0 spiro atoms. The van der Waals surface area contributed by atoms with Gasteiger partial charge >= 0.3 is 0 Å². The van der Waals surface area contributed by atoms with Gasteiger partial charge in [0.05, 0.1) is 0 Å². The van der Waals surface area contributed by atoms with Gasteiger partial charge in [-0.2, -0.15) is 0 Å². The predicted molar refractivity (Wildman–Crippen MR) is 286 cm³/mol. The van der Waals surface area contributed by atoms with E-state index >= 15 is 0 Å². The average Bonchev–Trinajstić information content (AvgIpc) is 4.08. The van der Waals surface area contributed by atoms with Gasteiger partial charge in [-0.05, 0) is 130 Å². The molecular formula is C64H36O2S. The van der Waals surface area contributed by atoms with Gasteiger partial charge in [-0.25, -0.2) is 0 Å². The number of thiophene rings is 1. The summed E-state index contributed by atoms with van der Waals surface area (Å²) in [7, 11) is 0. The van der Waals surface area contributed by atoms with Crippen LogP contribution in [0.3, 0.4) is 0 Å². The number of hydrogen-bond donors (Lipinski definition) is 0. The Balaban J connectivity index is 0.925. The maximum absolute atomic E-state index is 6.41. The Bertz CT molecular complexity index is 4470. The third kappa shape index (κ3) is 5.26. The molecule has 3 aromatic heterocycles. The third-order valence-corrected chi connectivity index (χ3v) is 15.4. The molecule has 15 rings (SSSR count). The molecule has 0 bridgehead atoms. The maximum Gasteiger partial charge on any atom is 0.136 e. The van der Waals surface area contributed by atoms with Crippen LogP contribution in [0.4, 0.5) is 0 Å². The summed E-state index contributed by atoms with van der Waals surface area (Å²) in [6.07, 6.45) is 0. The van der Waals surface area contributed by atoms with Crippen LogP contribution >= 0.6 is 11.3 Å². The molecule has 0 saturated carbocycles. The van der Waals surface area contributed by atoms with E-state index in [-0.39, 0.29) is 0 Å². The summed E-state index contributed by atoms with van der Waals surface area (Å²) in [4.78, 5) is 0. The van der Waals surface area contributed by atoms with E-state index in [1.165, 1.54) is 108 Å². The molecule has 12 aromatic carbocycles. The molecule has 15 aromatic rings. The minimum Gasteiger partial charge on any atom is -0.456 e. The van der Waals surface area contributed by atoms with Crippen LogP contribution in [0.15, 0.2) is 227 Å². The molecule has 0 fully saturated rings. The molecule has 0 aliphatic heterocycles. The molecule has 0 radical (unpaired) electrons. The number of fused-ring (bicyclic) bond motifs is 13. The summed E-state index contributed by atoms with van der Waals surface area (Å²) in [5.41, 5.74) is 13.4. The second-order valence-electron chi connectivity index (χ2n) is 17.8. The molecule has 3 heterocycles. The Morgan fingerprint density at radius 3 is 1.07 bits per heavy atom. The standard InChI is InChI=1S/C64H36O2S/c1-5-19-44-40(15-1)59(41-16-2-6-20-45(41)61(44)50-25-13-29-55-63(50)48-23-9-11-27-53(48)65-55)37-32-34-57-52(35-37)39-33-31-38(36-58(39)67-57)60-42-17-3-7-21-46(42)62(47-22-8-4-18-43(47)60)51-26-14-30-56-64(51)49-24-10-12-28-54(49)66-56/h1-36H. The second kappa shape index (κ2) is 14.0. The van der Waals surface area contributed by atoms with E-state index in [2.05, 4.69) is 206 Å². The number of hydrogen-bond acceptors (Lipinski definition) is 3. The van der Waals surface area contributed by atoms with E-state index in [0.717, 1.165) is 43.9 Å². The summed E-state index contributed by atoms with van der Waals surface area (Å²) < 4.78 is 15.4. The summed E-state index contributed by atoms with van der Waals surface area (Å²) in [5, 5.41) is 17.0. The van der Waals surface area contributed by atoms with Crippen molar-refractivity contribution in [3.05, 3.63) is 218 Å². The topological polar surface area (TPSA) is 26.3 Å². The first-order chi connectivity index (χ1) is 33.2. The van der Waals surface area contributed by atoms with Crippen molar-refractivity contribution in [3.63, 3.8) is 0 Å². The molecule has 0 aliphatic carbocycles. The van der Waals surface area contributed by atoms with Gasteiger partial charge in [-0.3, -0.25) is 0 Å². The van der Waals surface area contributed by atoms with Crippen molar-refractivity contribution in [2.45, 2.75) is 0 Å². The fourth-order valence-corrected chi connectivity index (χ4v) is 12.6. The summed E-state index contributed by atoms with van der Waals surface area (Å²) in [6, 6.07) is 79.8. The van der Waals surface area contributed by atoms with Gasteiger partial charge in [-0.15, -0.1) is 11.3 Å². The lowest BCUT2D eigenvalue weighted by molar-refractivity contribution is 0.668.